The average molecular weight is 291 g/mol. The molecule has 1 aromatic rings. The third kappa shape index (κ3) is 3.99. The Morgan fingerprint density at radius 3 is 2.61 bits per heavy atom. The standard InChI is InChI=1S/C12H15ClO4S/c1-3-4-7-17-12(14)10-8-9(18(2,15)16)5-6-11(10)13/h5-6,8H,3-4,7H2,1-2H3. The van der Waals surface area contributed by atoms with Crippen molar-refractivity contribution < 1.29 is 17.9 Å². The highest BCUT2D eigenvalue weighted by Gasteiger charge is 2.16. The fraction of sp³-hybridized carbons (Fsp3) is 0.417. The SMILES string of the molecule is CCCCOC(=O)c1cc(S(C)(=O)=O)ccc1Cl. The second kappa shape index (κ2) is 6.20. The molecule has 0 aliphatic carbocycles. The van der Waals surface area contributed by atoms with Crippen molar-refractivity contribution in [3.63, 3.8) is 0 Å². The predicted octanol–water partition coefficient (Wildman–Crippen LogP) is 2.70. The molecule has 4 nitrogen and oxygen atoms in total. The number of carbonyl (C=O) groups is 1. The molecule has 0 saturated carbocycles. The highest BCUT2D eigenvalue weighted by molar-refractivity contribution is 7.90. The Morgan fingerprint density at radius 1 is 1.39 bits per heavy atom. The van der Waals surface area contributed by atoms with E-state index in [1.54, 1.807) is 0 Å². The number of ether oxygens (including phenoxy) is 1. The third-order valence-corrected chi connectivity index (χ3v) is 3.76. The summed E-state index contributed by atoms with van der Waals surface area (Å²) in [5.74, 6) is -0.598. The van der Waals surface area contributed by atoms with Gasteiger partial charge in [0.05, 0.1) is 22.1 Å². The van der Waals surface area contributed by atoms with Crippen LogP contribution in [0.3, 0.4) is 0 Å². The van der Waals surface area contributed by atoms with Gasteiger partial charge in [-0.1, -0.05) is 24.9 Å². The molecular formula is C12H15ClO4S. The molecule has 0 unspecified atom stereocenters. The van der Waals surface area contributed by atoms with Crippen molar-refractivity contribution >= 4 is 27.4 Å². The van der Waals surface area contributed by atoms with E-state index in [1.165, 1.54) is 18.2 Å². The molecule has 0 saturated heterocycles. The zero-order chi connectivity index (χ0) is 13.8. The van der Waals surface area contributed by atoms with Crippen LogP contribution >= 0.6 is 11.6 Å². The smallest absolute Gasteiger partial charge is 0.339 e. The van der Waals surface area contributed by atoms with Crippen LogP contribution in [0.1, 0.15) is 30.1 Å². The normalized spacial score (nSPS) is 11.3. The maximum absolute atomic E-state index is 11.7. The fourth-order valence-corrected chi connectivity index (χ4v) is 2.12. The predicted molar refractivity (Wildman–Crippen MR) is 69.8 cm³/mol. The lowest BCUT2D eigenvalue weighted by atomic mass is 10.2. The average Bonchev–Trinajstić information content (AvgIpc) is 2.28. The number of halogens is 1. The molecule has 0 aromatic heterocycles. The van der Waals surface area contributed by atoms with Crippen molar-refractivity contribution in [2.75, 3.05) is 12.9 Å². The van der Waals surface area contributed by atoms with Gasteiger partial charge in [0.15, 0.2) is 9.84 Å². The van der Waals surface area contributed by atoms with E-state index in [4.69, 9.17) is 16.3 Å². The van der Waals surface area contributed by atoms with Gasteiger partial charge in [-0.2, -0.15) is 0 Å². The summed E-state index contributed by atoms with van der Waals surface area (Å²) in [6, 6.07) is 3.99. The van der Waals surface area contributed by atoms with Crippen LogP contribution in [-0.2, 0) is 14.6 Å². The molecule has 1 rings (SSSR count). The van der Waals surface area contributed by atoms with Gasteiger partial charge in [-0.3, -0.25) is 0 Å². The summed E-state index contributed by atoms with van der Waals surface area (Å²) in [7, 11) is -3.37. The minimum Gasteiger partial charge on any atom is -0.462 e. The van der Waals surface area contributed by atoms with Gasteiger partial charge >= 0.3 is 5.97 Å². The highest BCUT2D eigenvalue weighted by Crippen LogP contribution is 2.21. The molecule has 0 fully saturated rings. The maximum atomic E-state index is 11.7. The molecule has 0 amide bonds. The van der Waals surface area contributed by atoms with Gasteiger partial charge in [-0.15, -0.1) is 0 Å². The first-order valence-electron chi connectivity index (χ1n) is 5.53. The molecule has 0 bridgehead atoms. The van der Waals surface area contributed by atoms with Crippen LogP contribution in [-0.4, -0.2) is 27.2 Å². The van der Waals surface area contributed by atoms with Crippen LogP contribution in [0.2, 0.25) is 5.02 Å². The van der Waals surface area contributed by atoms with E-state index >= 15 is 0 Å². The second-order valence-corrected chi connectivity index (χ2v) is 6.33. The molecule has 0 heterocycles. The van der Waals surface area contributed by atoms with Crippen LogP contribution in [0.25, 0.3) is 0 Å². The Bertz CT molecular complexity index is 537. The molecule has 0 radical (unpaired) electrons. The first-order chi connectivity index (χ1) is 8.36. The second-order valence-electron chi connectivity index (χ2n) is 3.90. The van der Waals surface area contributed by atoms with E-state index in [-0.39, 0.29) is 15.5 Å². The number of hydrogen-bond acceptors (Lipinski definition) is 4. The van der Waals surface area contributed by atoms with Gasteiger partial charge in [-0.25, -0.2) is 13.2 Å². The Hall–Kier alpha value is -1.07. The number of unbranched alkanes of at least 4 members (excludes halogenated alkanes) is 1. The third-order valence-electron chi connectivity index (χ3n) is 2.32. The number of esters is 1. The first kappa shape index (κ1) is 15.0. The summed E-state index contributed by atoms with van der Waals surface area (Å²) in [6.45, 7) is 2.28. The van der Waals surface area contributed by atoms with Gasteiger partial charge in [0.2, 0.25) is 0 Å². The Balaban J connectivity index is 2.97. The Labute approximate surface area is 112 Å². The van der Waals surface area contributed by atoms with Crippen LogP contribution < -0.4 is 0 Å². The summed E-state index contributed by atoms with van der Waals surface area (Å²) >= 11 is 5.86. The molecule has 0 aliphatic rings. The monoisotopic (exact) mass is 290 g/mol. The quantitative estimate of drug-likeness (QED) is 0.618. The van der Waals surface area contributed by atoms with Crippen LogP contribution in [0.5, 0.6) is 0 Å². The number of hydrogen-bond donors (Lipinski definition) is 0. The van der Waals surface area contributed by atoms with Gasteiger partial charge in [0.25, 0.3) is 0 Å². The Morgan fingerprint density at radius 2 is 2.06 bits per heavy atom. The van der Waals surface area contributed by atoms with E-state index in [1.807, 2.05) is 6.92 Å². The summed E-state index contributed by atoms with van der Waals surface area (Å²) < 4.78 is 27.8. The molecule has 100 valence electrons. The van der Waals surface area contributed by atoms with Crippen LogP contribution in [0.4, 0.5) is 0 Å². The molecule has 0 N–H and O–H groups in total. The first-order valence-corrected chi connectivity index (χ1v) is 7.80. The molecule has 0 atom stereocenters. The molecule has 18 heavy (non-hydrogen) atoms. The van der Waals surface area contributed by atoms with E-state index in [0.717, 1.165) is 19.1 Å². The summed E-state index contributed by atoms with van der Waals surface area (Å²) in [4.78, 5) is 11.8. The lowest BCUT2D eigenvalue weighted by molar-refractivity contribution is 0.0499. The van der Waals surface area contributed by atoms with Crippen molar-refractivity contribution in [1.82, 2.24) is 0 Å². The number of carbonyl (C=O) groups excluding carboxylic acids is 1. The lowest BCUT2D eigenvalue weighted by Gasteiger charge is -2.07. The molecule has 0 spiro atoms. The van der Waals surface area contributed by atoms with Crippen molar-refractivity contribution in [3.8, 4) is 0 Å². The van der Waals surface area contributed by atoms with Gasteiger partial charge < -0.3 is 4.74 Å². The van der Waals surface area contributed by atoms with Gasteiger partial charge in [0, 0.05) is 6.26 Å². The number of sulfone groups is 1. The van der Waals surface area contributed by atoms with E-state index in [9.17, 15) is 13.2 Å². The molecule has 1 aromatic carbocycles. The highest BCUT2D eigenvalue weighted by atomic mass is 35.5. The summed E-state index contributed by atoms with van der Waals surface area (Å²) in [5, 5.41) is 0.184. The van der Waals surface area contributed by atoms with Crippen LogP contribution in [0, 0.1) is 0 Å². The maximum Gasteiger partial charge on any atom is 0.339 e. The van der Waals surface area contributed by atoms with Crippen molar-refractivity contribution in [2.24, 2.45) is 0 Å². The number of benzene rings is 1. The van der Waals surface area contributed by atoms with Gasteiger partial charge in [0.1, 0.15) is 0 Å². The zero-order valence-corrected chi connectivity index (χ0v) is 11.8. The van der Waals surface area contributed by atoms with Crippen molar-refractivity contribution in [2.45, 2.75) is 24.7 Å². The van der Waals surface area contributed by atoms with Crippen molar-refractivity contribution in [1.29, 1.82) is 0 Å². The summed E-state index contributed by atoms with van der Waals surface area (Å²) in [5.41, 5.74) is 0.0793. The van der Waals surface area contributed by atoms with E-state index in [0.29, 0.717) is 6.61 Å². The molecule has 0 aliphatic heterocycles. The van der Waals surface area contributed by atoms with E-state index < -0.39 is 15.8 Å². The van der Waals surface area contributed by atoms with Gasteiger partial charge in [-0.05, 0) is 24.6 Å². The fourth-order valence-electron chi connectivity index (χ4n) is 1.28. The zero-order valence-electron chi connectivity index (χ0n) is 10.3. The van der Waals surface area contributed by atoms with Crippen LogP contribution in [0.15, 0.2) is 23.1 Å². The number of rotatable bonds is 5. The molecular weight excluding hydrogens is 276 g/mol. The van der Waals surface area contributed by atoms with Crippen molar-refractivity contribution in [3.05, 3.63) is 28.8 Å². The largest absolute Gasteiger partial charge is 0.462 e. The minimum atomic E-state index is -3.37. The van der Waals surface area contributed by atoms with E-state index in [2.05, 4.69) is 0 Å². The Kier molecular flexibility index (Phi) is 5.16. The summed E-state index contributed by atoms with van der Waals surface area (Å²) in [6.07, 6.45) is 2.74. The lowest BCUT2D eigenvalue weighted by Crippen LogP contribution is -2.08. The minimum absolute atomic E-state index is 0.0503. The topological polar surface area (TPSA) is 60.4 Å². The molecule has 6 heteroatoms.